The van der Waals surface area contributed by atoms with E-state index in [1.807, 2.05) is 0 Å². The first kappa shape index (κ1) is 18.0. The lowest BCUT2D eigenvalue weighted by molar-refractivity contribution is 0.0600. The molecule has 0 radical (unpaired) electrons. The minimum Gasteiger partial charge on any atom is -0.465 e. The maximum atomic E-state index is 13.6. The van der Waals surface area contributed by atoms with Gasteiger partial charge in [0.05, 0.1) is 18.4 Å². The molecule has 8 heteroatoms. The second kappa shape index (κ2) is 8.05. The van der Waals surface area contributed by atoms with Crippen LogP contribution in [0.3, 0.4) is 0 Å². The van der Waals surface area contributed by atoms with Gasteiger partial charge in [0.25, 0.3) is 5.91 Å². The van der Waals surface area contributed by atoms with Crippen LogP contribution in [0.2, 0.25) is 0 Å². The highest BCUT2D eigenvalue weighted by molar-refractivity contribution is 6.02. The summed E-state index contributed by atoms with van der Waals surface area (Å²) < 4.78 is 18.3. The van der Waals surface area contributed by atoms with E-state index in [0.29, 0.717) is 17.1 Å². The lowest BCUT2D eigenvalue weighted by Gasteiger charge is -2.08. The Hall–Kier alpha value is -3.81. The molecule has 1 amide bonds. The van der Waals surface area contributed by atoms with E-state index in [1.165, 1.54) is 31.4 Å². The van der Waals surface area contributed by atoms with Crippen molar-refractivity contribution in [3.8, 4) is 0 Å². The van der Waals surface area contributed by atoms with Gasteiger partial charge in [-0.3, -0.25) is 4.79 Å². The fraction of sp³-hybridized carbons (Fsp3) is 0.0526. The van der Waals surface area contributed by atoms with E-state index in [-0.39, 0.29) is 11.4 Å². The summed E-state index contributed by atoms with van der Waals surface area (Å²) in [6, 6.07) is 15.5. The van der Waals surface area contributed by atoms with E-state index in [0.717, 1.165) is 0 Å². The normalized spacial score (nSPS) is 10.1. The molecule has 0 spiro atoms. The molecule has 2 N–H and O–H groups in total. The number of halogens is 1. The van der Waals surface area contributed by atoms with Crippen molar-refractivity contribution in [1.82, 2.24) is 10.2 Å². The van der Waals surface area contributed by atoms with E-state index < -0.39 is 17.7 Å². The van der Waals surface area contributed by atoms with Crippen LogP contribution in [0.4, 0.5) is 21.6 Å². The number of ether oxygens (including phenoxy) is 1. The van der Waals surface area contributed by atoms with Crippen molar-refractivity contribution in [3.63, 3.8) is 0 Å². The second-order valence-corrected chi connectivity index (χ2v) is 5.44. The molecule has 1 aromatic heterocycles. The lowest BCUT2D eigenvalue weighted by Crippen LogP contribution is -2.15. The highest BCUT2D eigenvalue weighted by Crippen LogP contribution is 2.17. The van der Waals surface area contributed by atoms with Crippen LogP contribution in [0.5, 0.6) is 0 Å². The first-order valence-electron chi connectivity index (χ1n) is 7.92. The largest absolute Gasteiger partial charge is 0.465 e. The molecule has 0 atom stereocenters. The third-order valence-corrected chi connectivity index (χ3v) is 3.58. The van der Waals surface area contributed by atoms with Gasteiger partial charge in [0.15, 0.2) is 11.5 Å². The Morgan fingerprint density at radius 2 is 1.81 bits per heavy atom. The van der Waals surface area contributed by atoms with Gasteiger partial charge in [-0.25, -0.2) is 9.18 Å². The summed E-state index contributed by atoms with van der Waals surface area (Å²) in [5.41, 5.74) is 1.09. The highest BCUT2D eigenvalue weighted by Gasteiger charge is 2.11. The van der Waals surface area contributed by atoms with Crippen molar-refractivity contribution in [2.24, 2.45) is 0 Å². The molecule has 136 valence electrons. The summed E-state index contributed by atoms with van der Waals surface area (Å²) in [6.07, 6.45) is 0. The SMILES string of the molecule is COC(=O)c1cccc(Nc2ccc(C(=O)Nc3ccccc3F)nn2)c1. The molecule has 0 fully saturated rings. The molecule has 0 unspecified atom stereocenters. The van der Waals surface area contributed by atoms with E-state index in [9.17, 15) is 14.0 Å². The van der Waals surface area contributed by atoms with E-state index >= 15 is 0 Å². The summed E-state index contributed by atoms with van der Waals surface area (Å²) in [4.78, 5) is 23.7. The summed E-state index contributed by atoms with van der Waals surface area (Å²) in [5.74, 6) is -1.20. The molecular weight excluding hydrogens is 351 g/mol. The third kappa shape index (κ3) is 4.43. The van der Waals surface area contributed by atoms with Crippen molar-refractivity contribution in [3.05, 3.63) is 77.7 Å². The summed E-state index contributed by atoms with van der Waals surface area (Å²) in [7, 11) is 1.30. The number of amides is 1. The van der Waals surface area contributed by atoms with Crippen LogP contribution in [0.15, 0.2) is 60.7 Å². The van der Waals surface area contributed by atoms with Gasteiger partial charge in [-0.2, -0.15) is 0 Å². The molecule has 2 aromatic carbocycles. The Morgan fingerprint density at radius 1 is 1.00 bits per heavy atom. The van der Waals surface area contributed by atoms with Gasteiger partial charge in [0.2, 0.25) is 0 Å². The average molecular weight is 366 g/mol. The van der Waals surface area contributed by atoms with Gasteiger partial charge in [-0.05, 0) is 42.5 Å². The molecule has 1 heterocycles. The second-order valence-electron chi connectivity index (χ2n) is 5.44. The zero-order valence-electron chi connectivity index (χ0n) is 14.3. The molecule has 27 heavy (non-hydrogen) atoms. The average Bonchev–Trinajstić information content (AvgIpc) is 2.70. The highest BCUT2D eigenvalue weighted by atomic mass is 19.1. The number of hydrogen-bond donors (Lipinski definition) is 2. The number of esters is 1. The Labute approximate surface area is 154 Å². The van der Waals surface area contributed by atoms with Crippen LogP contribution in [0.1, 0.15) is 20.8 Å². The predicted molar refractivity (Wildman–Crippen MR) is 97.4 cm³/mol. The maximum absolute atomic E-state index is 13.6. The number of nitrogens with one attached hydrogen (secondary N) is 2. The molecule has 0 saturated heterocycles. The van der Waals surface area contributed by atoms with Gasteiger partial charge < -0.3 is 15.4 Å². The number of nitrogens with zero attached hydrogens (tertiary/aromatic N) is 2. The zero-order chi connectivity index (χ0) is 19.2. The topological polar surface area (TPSA) is 93.2 Å². The van der Waals surface area contributed by atoms with Crippen LogP contribution in [-0.4, -0.2) is 29.2 Å². The Balaban J connectivity index is 1.69. The number of anilines is 3. The van der Waals surface area contributed by atoms with Gasteiger partial charge >= 0.3 is 5.97 Å². The van der Waals surface area contributed by atoms with Crippen LogP contribution < -0.4 is 10.6 Å². The van der Waals surface area contributed by atoms with Crippen LogP contribution >= 0.6 is 0 Å². The zero-order valence-corrected chi connectivity index (χ0v) is 14.3. The summed E-state index contributed by atoms with van der Waals surface area (Å²) >= 11 is 0. The first-order chi connectivity index (χ1) is 13.1. The Morgan fingerprint density at radius 3 is 2.52 bits per heavy atom. The predicted octanol–water partition coefficient (Wildman–Crippen LogP) is 3.40. The van der Waals surface area contributed by atoms with Crippen molar-refractivity contribution >= 4 is 29.1 Å². The number of carbonyl (C=O) groups excluding carboxylic acids is 2. The molecule has 0 aliphatic rings. The van der Waals surface area contributed by atoms with Crippen LogP contribution in [-0.2, 0) is 4.74 Å². The fourth-order valence-corrected chi connectivity index (χ4v) is 2.26. The van der Waals surface area contributed by atoms with Crippen molar-refractivity contribution in [2.45, 2.75) is 0 Å². The van der Waals surface area contributed by atoms with Crippen LogP contribution in [0.25, 0.3) is 0 Å². The number of hydrogen-bond acceptors (Lipinski definition) is 6. The molecule has 3 rings (SSSR count). The number of aromatic nitrogens is 2. The van der Waals surface area contributed by atoms with Crippen LogP contribution in [0, 0.1) is 5.82 Å². The molecule has 0 bridgehead atoms. The van der Waals surface area contributed by atoms with E-state index in [2.05, 4.69) is 25.6 Å². The Kier molecular flexibility index (Phi) is 5.36. The van der Waals surface area contributed by atoms with Crippen molar-refractivity contribution in [2.75, 3.05) is 17.7 Å². The maximum Gasteiger partial charge on any atom is 0.337 e. The molecule has 3 aromatic rings. The summed E-state index contributed by atoms with van der Waals surface area (Å²) in [6.45, 7) is 0. The first-order valence-corrected chi connectivity index (χ1v) is 7.92. The number of para-hydroxylation sites is 1. The van der Waals surface area contributed by atoms with E-state index in [1.54, 1.807) is 36.4 Å². The van der Waals surface area contributed by atoms with Gasteiger partial charge in [0, 0.05) is 5.69 Å². The van der Waals surface area contributed by atoms with Gasteiger partial charge in [-0.15, -0.1) is 10.2 Å². The fourth-order valence-electron chi connectivity index (χ4n) is 2.26. The molecular formula is C19H15FN4O3. The lowest BCUT2D eigenvalue weighted by atomic mass is 10.2. The smallest absolute Gasteiger partial charge is 0.337 e. The third-order valence-electron chi connectivity index (χ3n) is 3.58. The minimum atomic E-state index is -0.577. The standard InChI is InChI=1S/C19H15FN4O3/c1-27-19(26)12-5-4-6-13(11-12)21-17-10-9-16(23-24-17)18(25)22-15-8-3-2-7-14(15)20/h2-11H,1H3,(H,21,24)(H,22,25). The van der Waals surface area contributed by atoms with E-state index in [4.69, 9.17) is 0 Å². The minimum absolute atomic E-state index is 0.0344. The summed E-state index contributed by atoms with van der Waals surface area (Å²) in [5, 5.41) is 13.2. The van der Waals surface area contributed by atoms with Crippen molar-refractivity contribution in [1.29, 1.82) is 0 Å². The number of benzene rings is 2. The monoisotopic (exact) mass is 366 g/mol. The Bertz CT molecular complexity index is 977. The van der Waals surface area contributed by atoms with Crippen molar-refractivity contribution < 1.29 is 18.7 Å². The number of carbonyl (C=O) groups is 2. The number of methoxy groups -OCH3 is 1. The number of rotatable bonds is 5. The molecule has 7 nitrogen and oxygen atoms in total. The molecule has 0 saturated carbocycles. The molecule has 0 aliphatic heterocycles. The molecule has 0 aliphatic carbocycles. The van der Waals surface area contributed by atoms with Gasteiger partial charge in [0.1, 0.15) is 5.82 Å². The van der Waals surface area contributed by atoms with Gasteiger partial charge in [-0.1, -0.05) is 18.2 Å². The quantitative estimate of drug-likeness (QED) is 0.672.